The lowest BCUT2D eigenvalue weighted by Gasteiger charge is -2.11. The molecule has 0 saturated carbocycles. The van der Waals surface area contributed by atoms with Gasteiger partial charge in [-0.2, -0.15) is 0 Å². The fraction of sp³-hybridized carbons (Fsp3) is 0.429. The molecule has 0 bridgehead atoms. The van der Waals surface area contributed by atoms with Crippen molar-refractivity contribution < 1.29 is 14.4 Å². The Morgan fingerprint density at radius 1 is 1.30 bits per heavy atom. The highest BCUT2D eigenvalue weighted by Gasteiger charge is 2.03. The molecule has 6 nitrogen and oxygen atoms in total. The van der Waals surface area contributed by atoms with Gasteiger partial charge >= 0.3 is 0 Å². The summed E-state index contributed by atoms with van der Waals surface area (Å²) in [5.74, 6) is 0.788. The molecule has 1 rings (SSSR count). The number of oxime groups is 1. The van der Waals surface area contributed by atoms with Crippen LogP contribution < -0.4 is 15.8 Å². The normalized spacial score (nSPS) is 11.1. The number of rotatable bonds is 7. The number of benzene rings is 1. The second kappa shape index (κ2) is 8.04. The Hall–Kier alpha value is -2.24. The van der Waals surface area contributed by atoms with Crippen LogP contribution in [0.5, 0.6) is 5.75 Å². The first kappa shape index (κ1) is 15.8. The van der Waals surface area contributed by atoms with Crippen molar-refractivity contribution in [2.24, 2.45) is 10.9 Å². The van der Waals surface area contributed by atoms with E-state index in [1.54, 1.807) is 0 Å². The number of aryl methyl sites for hydroxylation is 2. The molecule has 110 valence electrons. The Kier molecular flexibility index (Phi) is 6.36. The van der Waals surface area contributed by atoms with Crippen LogP contribution in [0.4, 0.5) is 0 Å². The molecule has 0 aliphatic rings. The van der Waals surface area contributed by atoms with Gasteiger partial charge in [-0.25, -0.2) is 0 Å². The minimum absolute atomic E-state index is 0.0221. The first-order valence-corrected chi connectivity index (χ1v) is 6.38. The van der Waals surface area contributed by atoms with Crippen molar-refractivity contribution >= 4 is 11.7 Å². The lowest BCUT2D eigenvalue weighted by atomic mass is 10.1. The summed E-state index contributed by atoms with van der Waals surface area (Å²) in [6, 6.07) is 5.96. The Morgan fingerprint density at radius 3 is 2.55 bits per heavy atom. The van der Waals surface area contributed by atoms with E-state index in [0.717, 1.165) is 16.9 Å². The van der Waals surface area contributed by atoms with Crippen LogP contribution in [0, 0.1) is 13.8 Å². The average Bonchev–Trinajstić information content (AvgIpc) is 2.41. The van der Waals surface area contributed by atoms with Crippen molar-refractivity contribution in [3.8, 4) is 5.75 Å². The maximum atomic E-state index is 11.0. The lowest BCUT2D eigenvalue weighted by Crippen LogP contribution is -2.25. The van der Waals surface area contributed by atoms with Crippen LogP contribution in [-0.4, -0.2) is 32.0 Å². The fourth-order valence-electron chi connectivity index (χ4n) is 1.62. The SMILES string of the molecule is CNC(=O)C/C(N)=N\OCCOc1c(C)cccc1C. The molecular formula is C14H21N3O3. The number of amidine groups is 1. The number of nitrogens with zero attached hydrogens (tertiary/aromatic N) is 1. The molecule has 1 aromatic carbocycles. The van der Waals surface area contributed by atoms with Gasteiger partial charge in [-0.05, 0) is 25.0 Å². The van der Waals surface area contributed by atoms with Crippen molar-refractivity contribution in [1.82, 2.24) is 5.32 Å². The Labute approximate surface area is 118 Å². The van der Waals surface area contributed by atoms with E-state index in [2.05, 4.69) is 10.5 Å². The van der Waals surface area contributed by atoms with Gasteiger partial charge in [0.05, 0.1) is 6.42 Å². The maximum absolute atomic E-state index is 11.0. The van der Waals surface area contributed by atoms with Gasteiger partial charge in [0.1, 0.15) is 18.2 Å². The van der Waals surface area contributed by atoms with Gasteiger partial charge in [0.15, 0.2) is 6.61 Å². The monoisotopic (exact) mass is 279 g/mol. The Balaban J connectivity index is 2.32. The summed E-state index contributed by atoms with van der Waals surface area (Å²) in [5, 5.41) is 6.09. The van der Waals surface area contributed by atoms with E-state index in [-0.39, 0.29) is 24.8 Å². The highest BCUT2D eigenvalue weighted by Crippen LogP contribution is 2.21. The third-order valence-corrected chi connectivity index (χ3v) is 2.63. The van der Waals surface area contributed by atoms with Gasteiger partial charge in [-0.1, -0.05) is 23.4 Å². The van der Waals surface area contributed by atoms with E-state index in [4.69, 9.17) is 15.3 Å². The molecule has 0 spiro atoms. The molecule has 6 heteroatoms. The molecule has 20 heavy (non-hydrogen) atoms. The van der Waals surface area contributed by atoms with Crippen LogP contribution in [0.1, 0.15) is 17.5 Å². The van der Waals surface area contributed by atoms with Gasteiger partial charge in [0.2, 0.25) is 5.91 Å². The van der Waals surface area contributed by atoms with Crippen molar-refractivity contribution in [2.75, 3.05) is 20.3 Å². The van der Waals surface area contributed by atoms with Gasteiger partial charge < -0.3 is 20.6 Å². The smallest absolute Gasteiger partial charge is 0.227 e. The molecule has 1 amide bonds. The predicted molar refractivity (Wildman–Crippen MR) is 77.7 cm³/mol. The van der Waals surface area contributed by atoms with Crippen LogP contribution in [-0.2, 0) is 9.63 Å². The van der Waals surface area contributed by atoms with Gasteiger partial charge in [-0.3, -0.25) is 4.79 Å². The molecular weight excluding hydrogens is 258 g/mol. The van der Waals surface area contributed by atoms with E-state index in [1.165, 1.54) is 7.05 Å². The topological polar surface area (TPSA) is 85.9 Å². The van der Waals surface area contributed by atoms with E-state index in [0.29, 0.717) is 6.61 Å². The van der Waals surface area contributed by atoms with Crippen LogP contribution in [0.15, 0.2) is 23.4 Å². The van der Waals surface area contributed by atoms with E-state index in [1.807, 2.05) is 32.0 Å². The molecule has 0 unspecified atom stereocenters. The summed E-state index contributed by atoms with van der Waals surface area (Å²) in [7, 11) is 1.54. The predicted octanol–water partition coefficient (Wildman–Crippen LogP) is 1.11. The summed E-state index contributed by atoms with van der Waals surface area (Å²) in [4.78, 5) is 16.0. The maximum Gasteiger partial charge on any atom is 0.227 e. The zero-order chi connectivity index (χ0) is 15.0. The summed E-state index contributed by atoms with van der Waals surface area (Å²) in [5.41, 5.74) is 7.67. The van der Waals surface area contributed by atoms with Gasteiger partial charge in [-0.15, -0.1) is 0 Å². The van der Waals surface area contributed by atoms with Crippen molar-refractivity contribution in [3.63, 3.8) is 0 Å². The largest absolute Gasteiger partial charge is 0.489 e. The number of carbonyl (C=O) groups is 1. The highest BCUT2D eigenvalue weighted by atomic mass is 16.6. The third kappa shape index (κ3) is 5.17. The van der Waals surface area contributed by atoms with Crippen molar-refractivity contribution in [3.05, 3.63) is 29.3 Å². The third-order valence-electron chi connectivity index (χ3n) is 2.63. The number of nitrogens with two attached hydrogens (primary N) is 1. The van der Waals surface area contributed by atoms with E-state index >= 15 is 0 Å². The minimum atomic E-state index is -0.207. The van der Waals surface area contributed by atoms with Crippen LogP contribution >= 0.6 is 0 Å². The molecule has 0 radical (unpaired) electrons. The van der Waals surface area contributed by atoms with Crippen LogP contribution in [0.3, 0.4) is 0 Å². The van der Waals surface area contributed by atoms with Crippen molar-refractivity contribution in [1.29, 1.82) is 0 Å². The van der Waals surface area contributed by atoms with Crippen LogP contribution in [0.2, 0.25) is 0 Å². The fourth-order valence-corrected chi connectivity index (χ4v) is 1.62. The Bertz CT molecular complexity index is 466. The first-order chi connectivity index (χ1) is 9.54. The van der Waals surface area contributed by atoms with E-state index < -0.39 is 0 Å². The molecule has 0 atom stereocenters. The molecule has 0 heterocycles. The molecule has 0 saturated heterocycles. The Morgan fingerprint density at radius 2 is 1.95 bits per heavy atom. The second-order valence-corrected chi connectivity index (χ2v) is 4.34. The standard InChI is InChI=1S/C14H21N3O3/c1-10-5-4-6-11(2)14(10)19-7-8-20-17-12(15)9-13(18)16-3/h4-6H,7-9H2,1-3H3,(H2,15,17)(H,16,18). The second-order valence-electron chi connectivity index (χ2n) is 4.34. The molecule has 1 aromatic rings. The highest BCUT2D eigenvalue weighted by molar-refractivity contribution is 5.98. The van der Waals surface area contributed by atoms with Gasteiger partial charge in [0, 0.05) is 7.05 Å². The zero-order valence-electron chi connectivity index (χ0n) is 12.1. The number of ether oxygens (including phenoxy) is 1. The number of carbonyl (C=O) groups excluding carboxylic acids is 1. The summed E-state index contributed by atoms with van der Waals surface area (Å²) in [6.45, 7) is 4.61. The molecule has 0 aliphatic heterocycles. The molecule has 0 fully saturated rings. The molecule has 0 aliphatic carbocycles. The number of amides is 1. The number of hydrogen-bond donors (Lipinski definition) is 2. The van der Waals surface area contributed by atoms with Gasteiger partial charge in [0.25, 0.3) is 0 Å². The number of hydrogen-bond acceptors (Lipinski definition) is 4. The lowest BCUT2D eigenvalue weighted by molar-refractivity contribution is -0.119. The molecule has 0 aromatic heterocycles. The summed E-state index contributed by atoms with van der Waals surface area (Å²) in [6.07, 6.45) is 0.0221. The van der Waals surface area contributed by atoms with Crippen molar-refractivity contribution in [2.45, 2.75) is 20.3 Å². The minimum Gasteiger partial charge on any atom is -0.489 e. The van der Waals surface area contributed by atoms with E-state index in [9.17, 15) is 4.79 Å². The first-order valence-electron chi connectivity index (χ1n) is 6.38. The number of nitrogens with one attached hydrogen (secondary N) is 1. The molecule has 3 N–H and O–H groups in total. The average molecular weight is 279 g/mol. The quantitative estimate of drug-likeness (QED) is 0.339. The summed E-state index contributed by atoms with van der Waals surface area (Å²) < 4.78 is 5.64. The zero-order valence-corrected chi connectivity index (χ0v) is 12.1. The number of para-hydroxylation sites is 1. The summed E-state index contributed by atoms with van der Waals surface area (Å²) >= 11 is 0. The van der Waals surface area contributed by atoms with Crippen LogP contribution in [0.25, 0.3) is 0 Å².